The molecule has 34 heavy (non-hydrogen) atoms. The van der Waals surface area contributed by atoms with Gasteiger partial charge in [-0.25, -0.2) is 0 Å². The van der Waals surface area contributed by atoms with E-state index in [9.17, 15) is 30.6 Å². The van der Waals surface area contributed by atoms with Crippen molar-refractivity contribution < 1.29 is 35.3 Å². The lowest BCUT2D eigenvalue weighted by molar-refractivity contribution is -0.0892. The van der Waals surface area contributed by atoms with Gasteiger partial charge in [-0.2, -0.15) is 0 Å². The van der Waals surface area contributed by atoms with Crippen LogP contribution >= 0.6 is 0 Å². The maximum Gasteiger partial charge on any atom is 0.310 e. The van der Waals surface area contributed by atoms with Gasteiger partial charge >= 0.3 is 7.48 Å². The van der Waals surface area contributed by atoms with Crippen molar-refractivity contribution in [3.05, 3.63) is 48.5 Å². The average molecular weight is 462 g/mol. The van der Waals surface area contributed by atoms with Crippen LogP contribution in [0.2, 0.25) is 0 Å². The van der Waals surface area contributed by atoms with Crippen LogP contribution < -0.4 is 5.46 Å². The Kier molecular flexibility index (Phi) is 5.54. The third kappa shape index (κ3) is 3.55. The Labute approximate surface area is 197 Å². The van der Waals surface area contributed by atoms with Gasteiger partial charge in [0.05, 0.1) is 16.8 Å². The molecule has 4 rings (SSSR count). The SMILES string of the molecule is CC(C)(O)C(C)(C)OBc1c2ccccc2c(-c2c(O)c(O)c(O)c(O)c2O)c2ccccc12. The number of aliphatic hydroxyl groups is 1. The van der Waals surface area contributed by atoms with Crippen LogP contribution in [-0.4, -0.2) is 49.3 Å². The Morgan fingerprint density at radius 3 is 1.38 bits per heavy atom. The highest BCUT2D eigenvalue weighted by atomic mass is 16.5. The molecule has 0 aliphatic rings. The van der Waals surface area contributed by atoms with Crippen molar-refractivity contribution in [3.8, 4) is 39.9 Å². The van der Waals surface area contributed by atoms with Gasteiger partial charge in [-0.05, 0) is 54.7 Å². The summed E-state index contributed by atoms with van der Waals surface area (Å²) < 4.78 is 6.18. The summed E-state index contributed by atoms with van der Waals surface area (Å²) in [6.07, 6.45) is 0. The molecule has 0 fully saturated rings. The van der Waals surface area contributed by atoms with Crippen LogP contribution in [0.4, 0.5) is 0 Å². The quantitative estimate of drug-likeness (QED) is 0.115. The molecule has 0 unspecified atom stereocenters. The molecular formula is C26H27BO7. The van der Waals surface area contributed by atoms with E-state index in [1.165, 1.54) is 0 Å². The Morgan fingerprint density at radius 1 is 0.588 bits per heavy atom. The van der Waals surface area contributed by atoms with Crippen LogP contribution in [0.5, 0.6) is 28.7 Å². The molecule has 0 aliphatic carbocycles. The minimum absolute atomic E-state index is 0.169. The summed E-state index contributed by atoms with van der Waals surface area (Å²) in [5.41, 5.74) is -0.962. The number of hydrogen-bond acceptors (Lipinski definition) is 7. The summed E-state index contributed by atoms with van der Waals surface area (Å²) in [6, 6.07) is 14.6. The molecule has 0 amide bonds. The summed E-state index contributed by atoms with van der Waals surface area (Å²) in [5, 5.41) is 64.9. The fraction of sp³-hybridized carbons (Fsp3) is 0.231. The van der Waals surface area contributed by atoms with Gasteiger partial charge in [0.2, 0.25) is 17.2 Å². The van der Waals surface area contributed by atoms with Crippen molar-refractivity contribution in [1.29, 1.82) is 0 Å². The largest absolute Gasteiger partial charge is 0.504 e. The van der Waals surface area contributed by atoms with Crippen molar-refractivity contribution in [2.24, 2.45) is 0 Å². The molecule has 4 aromatic carbocycles. The van der Waals surface area contributed by atoms with Crippen LogP contribution in [0, 0.1) is 0 Å². The second-order valence-electron chi connectivity index (χ2n) is 9.42. The highest BCUT2D eigenvalue weighted by Crippen LogP contribution is 2.56. The fourth-order valence-electron chi connectivity index (χ4n) is 3.99. The lowest BCUT2D eigenvalue weighted by Crippen LogP contribution is -2.49. The highest BCUT2D eigenvalue weighted by Gasteiger charge is 2.36. The van der Waals surface area contributed by atoms with E-state index in [1.807, 2.05) is 38.1 Å². The summed E-state index contributed by atoms with van der Waals surface area (Å²) in [5.74, 6) is -4.38. The van der Waals surface area contributed by atoms with Gasteiger partial charge in [-0.15, -0.1) is 0 Å². The number of aromatic hydroxyl groups is 5. The second kappa shape index (κ2) is 8.00. The zero-order chi connectivity index (χ0) is 25.0. The molecule has 4 aromatic rings. The summed E-state index contributed by atoms with van der Waals surface area (Å²) >= 11 is 0. The molecule has 7 nitrogen and oxygen atoms in total. The molecular weight excluding hydrogens is 435 g/mol. The third-order valence-electron chi connectivity index (χ3n) is 6.71. The number of hydrogen-bond donors (Lipinski definition) is 6. The molecule has 0 saturated heterocycles. The number of benzene rings is 4. The van der Waals surface area contributed by atoms with Crippen molar-refractivity contribution in [2.45, 2.75) is 38.9 Å². The lowest BCUT2D eigenvalue weighted by Gasteiger charge is -2.37. The topological polar surface area (TPSA) is 131 Å². The Bertz CT molecular complexity index is 1330. The number of fused-ring (bicyclic) bond motifs is 2. The highest BCUT2D eigenvalue weighted by molar-refractivity contribution is 6.57. The van der Waals surface area contributed by atoms with Gasteiger partial charge in [0.25, 0.3) is 0 Å². The first-order valence-corrected chi connectivity index (χ1v) is 10.8. The van der Waals surface area contributed by atoms with Gasteiger partial charge in [-0.3, -0.25) is 0 Å². The molecule has 176 valence electrons. The van der Waals surface area contributed by atoms with Crippen molar-refractivity contribution >= 4 is 34.5 Å². The predicted molar refractivity (Wildman–Crippen MR) is 133 cm³/mol. The van der Waals surface area contributed by atoms with E-state index < -0.39 is 39.9 Å². The minimum atomic E-state index is -1.10. The van der Waals surface area contributed by atoms with Crippen LogP contribution in [-0.2, 0) is 4.65 Å². The van der Waals surface area contributed by atoms with Crippen molar-refractivity contribution in [1.82, 2.24) is 0 Å². The summed E-state index contributed by atoms with van der Waals surface area (Å²) in [6.45, 7) is 6.98. The molecule has 0 heterocycles. The first-order valence-electron chi connectivity index (χ1n) is 10.8. The normalized spacial score (nSPS) is 12.4. The van der Waals surface area contributed by atoms with E-state index in [4.69, 9.17) is 4.65 Å². The first-order chi connectivity index (χ1) is 15.9. The van der Waals surface area contributed by atoms with Gasteiger partial charge in [0.1, 0.15) is 0 Å². The first kappa shape index (κ1) is 23.5. The average Bonchev–Trinajstić information content (AvgIpc) is 2.79. The second-order valence-corrected chi connectivity index (χ2v) is 9.42. The fourth-order valence-corrected chi connectivity index (χ4v) is 3.99. The van der Waals surface area contributed by atoms with E-state index >= 15 is 0 Å². The Balaban J connectivity index is 2.08. The molecule has 0 aromatic heterocycles. The zero-order valence-electron chi connectivity index (χ0n) is 19.4. The van der Waals surface area contributed by atoms with Crippen molar-refractivity contribution in [3.63, 3.8) is 0 Å². The van der Waals surface area contributed by atoms with Gasteiger partial charge in [0.15, 0.2) is 11.5 Å². The van der Waals surface area contributed by atoms with Crippen LogP contribution in [0.1, 0.15) is 27.7 Å². The van der Waals surface area contributed by atoms with E-state index in [0.29, 0.717) is 16.3 Å². The van der Waals surface area contributed by atoms with Gasteiger partial charge in [-0.1, -0.05) is 48.5 Å². The van der Waals surface area contributed by atoms with Crippen molar-refractivity contribution in [2.75, 3.05) is 0 Å². The van der Waals surface area contributed by atoms with E-state index in [1.54, 1.807) is 38.1 Å². The number of phenolic OH excluding ortho intramolecular Hbond substituents is 5. The summed E-state index contributed by atoms with van der Waals surface area (Å²) in [4.78, 5) is 0. The molecule has 0 bridgehead atoms. The van der Waals surface area contributed by atoms with Crippen LogP contribution in [0.3, 0.4) is 0 Å². The maximum atomic E-state index is 10.7. The van der Waals surface area contributed by atoms with Gasteiger partial charge < -0.3 is 35.3 Å². The number of rotatable bonds is 5. The maximum absolute atomic E-state index is 10.7. The Hall–Kier alpha value is -3.62. The molecule has 8 heteroatoms. The molecule has 0 radical (unpaired) electrons. The predicted octanol–water partition coefficient (Wildman–Crippen LogP) is 3.73. The molecule has 6 N–H and O–H groups in total. The standard InChI is InChI=1S/C26H27BO7/c1-25(2,33)26(3,4)34-27-19-15-11-7-5-9-13(15)17(14-10-6-8-12-16(14)19)18-20(28)22(30)24(32)23(31)21(18)29/h5-12,27-33H,1-4H3. The van der Waals surface area contributed by atoms with E-state index in [0.717, 1.165) is 16.2 Å². The van der Waals surface area contributed by atoms with E-state index in [-0.39, 0.29) is 13.0 Å². The molecule has 0 spiro atoms. The molecule has 0 saturated carbocycles. The van der Waals surface area contributed by atoms with E-state index in [2.05, 4.69) is 0 Å². The van der Waals surface area contributed by atoms with Gasteiger partial charge in [0, 0.05) is 5.56 Å². The smallest absolute Gasteiger partial charge is 0.310 e. The Morgan fingerprint density at radius 2 is 0.971 bits per heavy atom. The van der Waals surface area contributed by atoms with Crippen LogP contribution in [0.15, 0.2) is 48.5 Å². The molecule has 0 atom stereocenters. The molecule has 0 aliphatic heterocycles. The minimum Gasteiger partial charge on any atom is -0.504 e. The monoisotopic (exact) mass is 462 g/mol. The number of phenols is 5. The third-order valence-corrected chi connectivity index (χ3v) is 6.71. The zero-order valence-corrected chi connectivity index (χ0v) is 19.4. The van der Waals surface area contributed by atoms with Crippen LogP contribution in [0.25, 0.3) is 32.7 Å². The summed E-state index contributed by atoms with van der Waals surface area (Å²) in [7, 11) is 0.169. The lowest BCUT2D eigenvalue weighted by atomic mass is 9.75.